The highest BCUT2D eigenvalue weighted by Gasteiger charge is 2.59. The number of likely N-dealkylation sites (tertiary alicyclic amines) is 1. The lowest BCUT2D eigenvalue weighted by atomic mass is 9.70. The lowest BCUT2D eigenvalue weighted by molar-refractivity contribution is -0.0183. The van der Waals surface area contributed by atoms with E-state index in [1.165, 1.54) is 134 Å². The highest BCUT2D eigenvalue weighted by Crippen LogP contribution is 2.56. The van der Waals surface area contributed by atoms with Gasteiger partial charge in [-0.3, -0.25) is 20.9 Å². The Balaban J connectivity index is 0.971. The molecule has 6 nitrogen and oxygen atoms in total. The number of nitrogens with one attached hydrogen (secondary N) is 3. The van der Waals surface area contributed by atoms with E-state index in [0.717, 1.165) is 18.8 Å². The van der Waals surface area contributed by atoms with Crippen LogP contribution in [0, 0.1) is 58.7 Å². The van der Waals surface area contributed by atoms with Crippen molar-refractivity contribution in [2.45, 2.75) is 210 Å². The van der Waals surface area contributed by atoms with Gasteiger partial charge in [-0.15, -0.1) is 0 Å². The number of para-hydroxylation sites is 1. The molecule has 0 radical (unpaired) electrons. The molecule has 0 amide bonds. The number of anilines is 1. The van der Waals surface area contributed by atoms with Crippen molar-refractivity contribution in [3.05, 3.63) is 65.3 Å². The predicted octanol–water partition coefficient (Wildman–Crippen LogP) is 11.1. The van der Waals surface area contributed by atoms with Crippen molar-refractivity contribution in [1.82, 2.24) is 20.9 Å². The Morgan fingerprint density at radius 3 is 2.25 bits per heavy atom. The third-order valence-electron chi connectivity index (χ3n) is 19.1. The summed E-state index contributed by atoms with van der Waals surface area (Å²) in [5.41, 5.74) is 6.46. The molecule has 60 heavy (non-hydrogen) atoms. The fourth-order valence-electron chi connectivity index (χ4n) is 16.4. The molecule has 1 aromatic rings. The molecule has 3 aliphatic heterocycles. The van der Waals surface area contributed by atoms with E-state index in [9.17, 15) is 5.26 Å². The van der Waals surface area contributed by atoms with Crippen LogP contribution in [0.2, 0.25) is 0 Å². The lowest BCUT2D eigenvalue weighted by Crippen LogP contribution is -2.75. The Hall–Kier alpha value is -2.43. The Morgan fingerprint density at radius 2 is 1.45 bits per heavy atom. The molecule has 1 aromatic carbocycles. The molecular formula is C54H78N6. The molecule has 11 rings (SSSR count). The number of rotatable bonds is 6. The van der Waals surface area contributed by atoms with Gasteiger partial charge in [-0.1, -0.05) is 112 Å². The van der Waals surface area contributed by atoms with Crippen LogP contribution in [0.3, 0.4) is 0 Å². The van der Waals surface area contributed by atoms with Gasteiger partial charge in [0.2, 0.25) is 0 Å². The van der Waals surface area contributed by atoms with Crippen molar-refractivity contribution in [2.75, 3.05) is 4.90 Å². The summed E-state index contributed by atoms with van der Waals surface area (Å²) in [7, 11) is 0. The first-order valence-electron chi connectivity index (χ1n) is 25.9. The highest BCUT2D eigenvalue weighted by molar-refractivity contribution is 5.63. The summed E-state index contributed by atoms with van der Waals surface area (Å²) >= 11 is 0. The number of nitrogens with zero attached hydrogens (tertiary/aromatic N) is 3. The van der Waals surface area contributed by atoms with E-state index < -0.39 is 0 Å². The number of fused-ring (bicyclic) bond motifs is 6. The van der Waals surface area contributed by atoms with E-state index in [0.29, 0.717) is 77.9 Å². The summed E-state index contributed by atoms with van der Waals surface area (Å²) in [5.74, 6) is 5.13. The normalized spacial score (nSPS) is 43.9. The number of hydrogen-bond donors (Lipinski definition) is 3. The van der Waals surface area contributed by atoms with Gasteiger partial charge >= 0.3 is 0 Å². The standard InChI is InChI=1S/C54H78N6/c1-34-15-13-23-43-44-24-14-16-35(2)51(44)60(50(34)43)49-32-48(59-46-25-11-9-21-41(46)42-22-10-12-26-47(42)59)40(33-55)31-45(49)54-57-52(38-19-7-4-8-20-38)56-53(58-54)39-29-27-37(28-30-39)36-17-5-3-6-18-36/h9,11,13,16,21,23,25,27,34,36,38-40,42-45,47-54,56-58H,3-8,10,12,14-15,17-20,22,24,26,28-32H2,1-2H3. The van der Waals surface area contributed by atoms with Gasteiger partial charge in [0.1, 0.15) is 0 Å². The molecule has 3 heterocycles. The molecule has 0 spiro atoms. The van der Waals surface area contributed by atoms with Gasteiger partial charge in [0.05, 0.1) is 30.5 Å². The van der Waals surface area contributed by atoms with Crippen LogP contribution in [-0.4, -0.2) is 53.6 Å². The SMILES string of the molecule is CC1=CCCC2C3C=CCC(C)C3N(C3CC(N4c5ccccc5C5CCCCC54)C(C#N)CC3C3NC(C4CC=C(C5CCCCC5)CC4)NC(C4CCCCC4)N3)C12. The second kappa shape index (κ2) is 17.3. The molecule has 0 aromatic heterocycles. The highest BCUT2D eigenvalue weighted by atomic mass is 15.4. The number of nitriles is 1. The maximum Gasteiger partial charge on any atom is 0.0677 e. The molecule has 0 bridgehead atoms. The van der Waals surface area contributed by atoms with Gasteiger partial charge in [-0.2, -0.15) is 5.26 Å². The smallest absolute Gasteiger partial charge is 0.0677 e. The van der Waals surface area contributed by atoms with E-state index in [1.807, 2.05) is 0 Å². The van der Waals surface area contributed by atoms with Crippen LogP contribution in [0.4, 0.5) is 5.69 Å². The summed E-state index contributed by atoms with van der Waals surface area (Å²) in [4.78, 5) is 6.08. The average Bonchev–Trinajstić information content (AvgIpc) is 3.84. The van der Waals surface area contributed by atoms with Gasteiger partial charge in [0.25, 0.3) is 0 Å². The summed E-state index contributed by atoms with van der Waals surface area (Å²) in [6, 6.07) is 14.8. The Labute approximate surface area is 363 Å². The van der Waals surface area contributed by atoms with Gasteiger partial charge in [0, 0.05) is 47.7 Å². The number of hydrogen-bond acceptors (Lipinski definition) is 6. The van der Waals surface area contributed by atoms with Crippen LogP contribution in [0.15, 0.2) is 59.7 Å². The van der Waals surface area contributed by atoms with Crippen molar-refractivity contribution in [3.63, 3.8) is 0 Å². The van der Waals surface area contributed by atoms with Crippen molar-refractivity contribution in [2.24, 2.45) is 47.3 Å². The second-order valence-electron chi connectivity index (χ2n) is 22.2. The number of benzene rings is 1. The minimum Gasteiger partial charge on any atom is -0.363 e. The molecule has 7 aliphatic carbocycles. The Kier molecular flexibility index (Phi) is 11.6. The third kappa shape index (κ3) is 7.20. The summed E-state index contributed by atoms with van der Waals surface area (Å²) < 4.78 is 0. The average molecular weight is 811 g/mol. The zero-order valence-corrected chi connectivity index (χ0v) is 37.3. The molecular weight excluding hydrogens is 733 g/mol. The van der Waals surface area contributed by atoms with Crippen LogP contribution in [0.25, 0.3) is 0 Å². The van der Waals surface area contributed by atoms with Gasteiger partial charge in [-0.05, 0) is 144 Å². The minimum atomic E-state index is 0.0154. The Morgan fingerprint density at radius 1 is 0.700 bits per heavy atom. The molecule has 3 N–H and O–H groups in total. The summed E-state index contributed by atoms with van der Waals surface area (Å²) in [6.45, 7) is 5.07. The zero-order valence-electron chi connectivity index (χ0n) is 37.3. The molecule has 15 atom stereocenters. The molecule has 6 fully saturated rings. The molecule has 324 valence electrons. The lowest BCUT2D eigenvalue weighted by Gasteiger charge is -2.56. The van der Waals surface area contributed by atoms with Crippen molar-refractivity contribution >= 4 is 5.69 Å². The monoisotopic (exact) mass is 811 g/mol. The first-order chi connectivity index (χ1) is 29.6. The van der Waals surface area contributed by atoms with E-state index in [1.54, 1.807) is 16.7 Å². The molecule has 2 saturated heterocycles. The van der Waals surface area contributed by atoms with Gasteiger partial charge in [-0.25, -0.2) is 0 Å². The first kappa shape index (κ1) is 40.4. The summed E-state index contributed by atoms with van der Waals surface area (Å²) in [5, 5.41) is 24.6. The maximum atomic E-state index is 11.5. The fraction of sp³-hybridized carbons (Fsp3) is 0.759. The van der Waals surface area contributed by atoms with Crippen LogP contribution in [0.1, 0.15) is 167 Å². The van der Waals surface area contributed by atoms with Crippen molar-refractivity contribution in [1.29, 1.82) is 5.26 Å². The summed E-state index contributed by atoms with van der Waals surface area (Å²) in [6.07, 6.45) is 40.2. The van der Waals surface area contributed by atoms with Crippen LogP contribution in [0.5, 0.6) is 0 Å². The van der Waals surface area contributed by atoms with E-state index in [4.69, 9.17) is 0 Å². The molecule has 15 unspecified atom stereocenters. The zero-order chi connectivity index (χ0) is 40.3. The fourth-order valence-corrected chi connectivity index (χ4v) is 16.4. The topological polar surface area (TPSA) is 66.4 Å². The van der Waals surface area contributed by atoms with E-state index >= 15 is 0 Å². The van der Waals surface area contributed by atoms with Gasteiger partial charge in [0.15, 0.2) is 0 Å². The maximum absolute atomic E-state index is 11.5. The third-order valence-corrected chi connectivity index (χ3v) is 19.1. The van der Waals surface area contributed by atoms with Crippen LogP contribution < -0.4 is 20.9 Å². The molecule has 4 saturated carbocycles. The van der Waals surface area contributed by atoms with E-state index in [-0.39, 0.29) is 18.1 Å². The predicted molar refractivity (Wildman–Crippen MR) is 245 cm³/mol. The molecule has 10 aliphatic rings. The van der Waals surface area contributed by atoms with E-state index in [2.05, 4.69) is 94.2 Å². The quantitative estimate of drug-likeness (QED) is 0.249. The Bertz CT molecular complexity index is 1810. The number of allylic oxidation sites excluding steroid dienone is 4. The van der Waals surface area contributed by atoms with Crippen LogP contribution >= 0.6 is 0 Å². The minimum absolute atomic E-state index is 0.0154. The molecule has 6 heteroatoms. The van der Waals surface area contributed by atoms with Gasteiger partial charge < -0.3 is 4.90 Å². The van der Waals surface area contributed by atoms with Crippen molar-refractivity contribution in [3.8, 4) is 6.07 Å². The second-order valence-corrected chi connectivity index (χ2v) is 22.2. The largest absolute Gasteiger partial charge is 0.363 e. The van der Waals surface area contributed by atoms with Crippen molar-refractivity contribution < 1.29 is 0 Å². The van der Waals surface area contributed by atoms with Crippen LogP contribution in [-0.2, 0) is 0 Å². The first-order valence-corrected chi connectivity index (χ1v) is 25.9.